The Morgan fingerprint density at radius 2 is 2.38 bits per heavy atom. The van der Waals surface area contributed by atoms with Crippen molar-refractivity contribution in [2.24, 2.45) is 0 Å². The van der Waals surface area contributed by atoms with Crippen LogP contribution in [0.15, 0.2) is 22.6 Å². The zero-order valence-electron chi connectivity index (χ0n) is 7.08. The van der Waals surface area contributed by atoms with Gasteiger partial charge in [0, 0.05) is 12.1 Å². The van der Waals surface area contributed by atoms with Gasteiger partial charge in [0.05, 0.1) is 0 Å². The summed E-state index contributed by atoms with van der Waals surface area (Å²) in [4.78, 5) is 4.19. The first-order valence-corrected chi connectivity index (χ1v) is 4.21. The van der Waals surface area contributed by atoms with Gasteiger partial charge in [-0.25, -0.2) is 4.98 Å². The van der Waals surface area contributed by atoms with E-state index in [1.54, 1.807) is 25.3 Å². The van der Waals surface area contributed by atoms with Crippen molar-refractivity contribution in [3.05, 3.63) is 29.1 Å². The van der Waals surface area contributed by atoms with Crippen LogP contribution in [0.3, 0.4) is 0 Å². The van der Waals surface area contributed by atoms with Crippen LogP contribution in [0.1, 0.15) is 5.89 Å². The average Bonchev–Trinajstić information content (AvgIpc) is 2.46. The van der Waals surface area contributed by atoms with E-state index in [1.165, 1.54) is 0 Å². The highest BCUT2D eigenvalue weighted by atomic mass is 35.5. The minimum Gasteiger partial charge on any atom is -0.438 e. The molecule has 0 unspecified atom stereocenters. The Morgan fingerprint density at radius 1 is 1.54 bits per heavy atom. The number of benzene rings is 1. The lowest BCUT2D eigenvalue weighted by atomic mass is 10.3. The van der Waals surface area contributed by atoms with Crippen LogP contribution in [0.5, 0.6) is 0 Å². The molecule has 0 bridgehead atoms. The van der Waals surface area contributed by atoms with E-state index in [1.807, 2.05) is 0 Å². The van der Waals surface area contributed by atoms with Crippen molar-refractivity contribution >= 4 is 22.7 Å². The lowest BCUT2D eigenvalue weighted by Crippen LogP contribution is -1.85. The van der Waals surface area contributed by atoms with Crippen LogP contribution in [0.4, 0.5) is 0 Å². The Labute approximate surface area is 80.3 Å². The molecule has 0 radical (unpaired) electrons. The minimum atomic E-state index is 0.381. The smallest absolute Gasteiger partial charge is 0.221 e. The van der Waals surface area contributed by atoms with Gasteiger partial charge in [-0.2, -0.15) is 0 Å². The van der Waals surface area contributed by atoms with Crippen molar-refractivity contribution in [3.8, 4) is 0 Å². The Hall–Kier alpha value is -1.06. The summed E-state index contributed by atoms with van der Waals surface area (Å²) >= 11 is 5.79. The fraction of sp³-hybridized carbons (Fsp3) is 0.222. The second kappa shape index (κ2) is 3.36. The first kappa shape index (κ1) is 8.53. The summed E-state index contributed by atoms with van der Waals surface area (Å²) < 4.78 is 10.3. The van der Waals surface area contributed by atoms with Gasteiger partial charge in [0.25, 0.3) is 0 Å². The number of nitrogens with zero attached hydrogens (tertiary/aromatic N) is 1. The molecular formula is C9H8ClNO2. The van der Waals surface area contributed by atoms with Crippen LogP contribution in [-0.4, -0.2) is 12.1 Å². The molecule has 1 aromatic heterocycles. The van der Waals surface area contributed by atoms with E-state index in [2.05, 4.69) is 4.98 Å². The maximum absolute atomic E-state index is 5.79. The number of hydrogen-bond acceptors (Lipinski definition) is 3. The predicted molar refractivity (Wildman–Crippen MR) is 49.7 cm³/mol. The summed E-state index contributed by atoms with van der Waals surface area (Å²) in [6, 6.07) is 5.33. The van der Waals surface area contributed by atoms with Crippen LogP contribution >= 0.6 is 11.6 Å². The van der Waals surface area contributed by atoms with Gasteiger partial charge in [-0.1, -0.05) is 11.6 Å². The van der Waals surface area contributed by atoms with Crippen molar-refractivity contribution in [1.82, 2.24) is 4.98 Å². The zero-order chi connectivity index (χ0) is 9.26. The highest BCUT2D eigenvalue weighted by Gasteiger charge is 2.04. The van der Waals surface area contributed by atoms with E-state index >= 15 is 0 Å². The molecule has 0 saturated heterocycles. The third-order valence-corrected chi connectivity index (χ3v) is 1.90. The zero-order valence-corrected chi connectivity index (χ0v) is 7.84. The molecule has 2 aromatic rings. The quantitative estimate of drug-likeness (QED) is 0.743. The van der Waals surface area contributed by atoms with E-state index in [0.717, 1.165) is 11.1 Å². The van der Waals surface area contributed by atoms with E-state index in [0.29, 0.717) is 17.5 Å². The third kappa shape index (κ3) is 1.66. The molecule has 3 nitrogen and oxygen atoms in total. The van der Waals surface area contributed by atoms with E-state index in [-0.39, 0.29) is 0 Å². The molecule has 1 aromatic carbocycles. The maximum atomic E-state index is 5.79. The summed E-state index contributed by atoms with van der Waals surface area (Å²) in [5.41, 5.74) is 1.50. The van der Waals surface area contributed by atoms with Crippen molar-refractivity contribution in [2.45, 2.75) is 6.61 Å². The lowest BCUT2D eigenvalue weighted by molar-refractivity contribution is 0.161. The van der Waals surface area contributed by atoms with Crippen LogP contribution in [0.25, 0.3) is 11.1 Å². The van der Waals surface area contributed by atoms with Crippen LogP contribution in [0.2, 0.25) is 5.02 Å². The highest BCUT2D eigenvalue weighted by molar-refractivity contribution is 6.31. The third-order valence-electron chi connectivity index (χ3n) is 1.66. The fourth-order valence-electron chi connectivity index (χ4n) is 1.13. The number of rotatable bonds is 2. The van der Waals surface area contributed by atoms with E-state index in [9.17, 15) is 0 Å². The molecule has 0 aliphatic heterocycles. The maximum Gasteiger partial charge on any atom is 0.221 e. The molecule has 0 N–H and O–H groups in total. The molecule has 0 amide bonds. The predicted octanol–water partition coefficient (Wildman–Crippen LogP) is 2.63. The standard InChI is InChI=1S/C9H8ClNO2/c1-12-5-9-11-7-4-6(10)2-3-8(7)13-9/h2-4H,5H2,1H3. The highest BCUT2D eigenvalue weighted by Crippen LogP contribution is 2.19. The second-order valence-corrected chi connectivity index (χ2v) is 3.09. The van der Waals surface area contributed by atoms with Gasteiger partial charge >= 0.3 is 0 Å². The molecule has 0 fully saturated rings. The van der Waals surface area contributed by atoms with Gasteiger partial charge in [0.1, 0.15) is 12.1 Å². The van der Waals surface area contributed by atoms with Gasteiger partial charge in [-0.15, -0.1) is 0 Å². The Balaban J connectivity index is 2.49. The summed E-state index contributed by atoms with van der Waals surface area (Å²) in [5.74, 6) is 0.569. The van der Waals surface area contributed by atoms with Gasteiger partial charge in [-0.3, -0.25) is 0 Å². The molecule has 13 heavy (non-hydrogen) atoms. The SMILES string of the molecule is COCc1nc2cc(Cl)ccc2o1. The first-order valence-electron chi connectivity index (χ1n) is 3.83. The van der Waals surface area contributed by atoms with Crippen LogP contribution in [-0.2, 0) is 11.3 Å². The van der Waals surface area contributed by atoms with Crippen molar-refractivity contribution in [1.29, 1.82) is 0 Å². The molecule has 68 valence electrons. The number of oxazole rings is 1. The van der Waals surface area contributed by atoms with Gasteiger partial charge in [-0.05, 0) is 18.2 Å². The van der Waals surface area contributed by atoms with E-state index in [4.69, 9.17) is 20.8 Å². The van der Waals surface area contributed by atoms with Gasteiger partial charge in [0.15, 0.2) is 5.58 Å². The molecule has 4 heteroatoms. The topological polar surface area (TPSA) is 35.3 Å². The van der Waals surface area contributed by atoms with Crippen molar-refractivity contribution in [2.75, 3.05) is 7.11 Å². The number of hydrogen-bond donors (Lipinski definition) is 0. The average molecular weight is 198 g/mol. The fourth-order valence-corrected chi connectivity index (χ4v) is 1.30. The molecule has 0 atom stereocenters. The molecule has 0 aliphatic rings. The first-order chi connectivity index (χ1) is 6.29. The second-order valence-electron chi connectivity index (χ2n) is 2.65. The number of aromatic nitrogens is 1. The number of halogens is 1. The molecule has 1 heterocycles. The minimum absolute atomic E-state index is 0.381. The lowest BCUT2D eigenvalue weighted by Gasteiger charge is -1.87. The number of fused-ring (bicyclic) bond motifs is 1. The Bertz CT molecular complexity index is 424. The van der Waals surface area contributed by atoms with Crippen molar-refractivity contribution in [3.63, 3.8) is 0 Å². The van der Waals surface area contributed by atoms with Crippen molar-refractivity contribution < 1.29 is 9.15 Å². The normalized spacial score (nSPS) is 10.9. The van der Waals surface area contributed by atoms with Gasteiger partial charge < -0.3 is 9.15 Å². The van der Waals surface area contributed by atoms with E-state index < -0.39 is 0 Å². The number of ether oxygens (including phenoxy) is 1. The summed E-state index contributed by atoms with van der Waals surface area (Å²) in [5, 5.41) is 0.657. The molecule has 0 spiro atoms. The summed E-state index contributed by atoms with van der Waals surface area (Å²) in [6.07, 6.45) is 0. The molecular weight excluding hydrogens is 190 g/mol. The molecule has 0 aliphatic carbocycles. The number of methoxy groups -OCH3 is 1. The monoisotopic (exact) mass is 197 g/mol. The largest absolute Gasteiger partial charge is 0.438 e. The summed E-state index contributed by atoms with van der Waals surface area (Å²) in [7, 11) is 1.60. The molecule has 2 rings (SSSR count). The molecule has 0 saturated carbocycles. The van der Waals surface area contributed by atoms with Crippen LogP contribution in [0, 0.1) is 0 Å². The van der Waals surface area contributed by atoms with Crippen LogP contribution < -0.4 is 0 Å². The summed E-state index contributed by atoms with van der Waals surface area (Å²) in [6.45, 7) is 0.381. The van der Waals surface area contributed by atoms with Gasteiger partial charge in [0.2, 0.25) is 5.89 Å². The Morgan fingerprint density at radius 3 is 3.15 bits per heavy atom. The Kier molecular flexibility index (Phi) is 2.20.